The van der Waals surface area contributed by atoms with E-state index in [0.29, 0.717) is 5.16 Å². The average Bonchev–Trinajstić information content (AvgIpc) is 3.17. The largest absolute Gasteiger partial charge is 0.324 e. The third-order valence-corrected chi connectivity index (χ3v) is 5.42. The standard InChI is InChI=1S/C22H15N5O3S/c23-13-15-12-17(27(29)30)10-11-18(15)24-21(28)14-31-22-25-19-8-4-5-9-20(19)26(22)16-6-2-1-3-7-16/h1-12H,14H2,(H,24,28). The molecule has 31 heavy (non-hydrogen) atoms. The normalized spacial score (nSPS) is 10.5. The number of aromatic nitrogens is 2. The second-order valence-electron chi connectivity index (χ2n) is 6.49. The summed E-state index contributed by atoms with van der Waals surface area (Å²) in [5, 5.41) is 23.4. The van der Waals surface area contributed by atoms with Crippen molar-refractivity contribution in [3.63, 3.8) is 0 Å². The molecule has 1 heterocycles. The minimum atomic E-state index is -0.587. The third-order valence-electron chi connectivity index (χ3n) is 4.49. The van der Waals surface area contributed by atoms with Crippen LogP contribution in [0.4, 0.5) is 11.4 Å². The zero-order valence-corrected chi connectivity index (χ0v) is 16.9. The molecular formula is C22H15N5O3S. The van der Waals surface area contributed by atoms with Crippen LogP contribution in [-0.4, -0.2) is 26.1 Å². The molecule has 3 aromatic carbocycles. The van der Waals surface area contributed by atoms with Gasteiger partial charge in [-0.1, -0.05) is 42.1 Å². The predicted octanol–water partition coefficient (Wildman–Crippen LogP) is 4.54. The number of nitriles is 1. The molecule has 8 nitrogen and oxygen atoms in total. The summed E-state index contributed by atoms with van der Waals surface area (Å²) < 4.78 is 1.99. The molecular weight excluding hydrogens is 414 g/mol. The fraction of sp³-hybridized carbons (Fsp3) is 0.0455. The van der Waals surface area contributed by atoms with Crippen molar-refractivity contribution in [3.8, 4) is 11.8 Å². The van der Waals surface area contributed by atoms with E-state index in [2.05, 4.69) is 10.3 Å². The number of anilines is 1. The number of fused-ring (bicyclic) bond motifs is 1. The molecule has 0 aliphatic rings. The molecule has 0 atom stereocenters. The highest BCUT2D eigenvalue weighted by Crippen LogP contribution is 2.28. The van der Waals surface area contributed by atoms with Gasteiger partial charge in [0.25, 0.3) is 5.69 Å². The van der Waals surface area contributed by atoms with Gasteiger partial charge in [-0.05, 0) is 30.3 Å². The molecule has 0 fully saturated rings. The number of benzene rings is 3. The van der Waals surface area contributed by atoms with Gasteiger partial charge in [-0.2, -0.15) is 5.26 Å². The second-order valence-corrected chi connectivity index (χ2v) is 7.43. The predicted molar refractivity (Wildman–Crippen MR) is 118 cm³/mol. The minimum absolute atomic E-state index is 0.0316. The first-order valence-electron chi connectivity index (χ1n) is 9.21. The van der Waals surface area contributed by atoms with E-state index in [-0.39, 0.29) is 28.6 Å². The van der Waals surface area contributed by atoms with Gasteiger partial charge >= 0.3 is 0 Å². The summed E-state index contributed by atoms with van der Waals surface area (Å²) in [7, 11) is 0. The zero-order chi connectivity index (χ0) is 21.8. The number of thioether (sulfide) groups is 1. The summed E-state index contributed by atoms with van der Waals surface area (Å²) in [6, 6.07) is 23.1. The molecule has 4 aromatic rings. The van der Waals surface area contributed by atoms with Gasteiger partial charge in [0.05, 0.1) is 33.0 Å². The summed E-state index contributed by atoms with van der Waals surface area (Å²) in [4.78, 5) is 27.5. The summed E-state index contributed by atoms with van der Waals surface area (Å²) in [6.07, 6.45) is 0. The first kappa shape index (κ1) is 20.1. The molecule has 0 aliphatic heterocycles. The molecule has 0 spiro atoms. The Morgan fingerprint density at radius 1 is 1.13 bits per heavy atom. The van der Waals surface area contributed by atoms with Crippen molar-refractivity contribution in [3.05, 3.63) is 88.5 Å². The van der Waals surface area contributed by atoms with Crippen molar-refractivity contribution in [2.45, 2.75) is 5.16 Å². The van der Waals surface area contributed by atoms with Crippen LogP contribution in [0.5, 0.6) is 0 Å². The van der Waals surface area contributed by atoms with Crippen molar-refractivity contribution in [2.24, 2.45) is 0 Å². The fourth-order valence-electron chi connectivity index (χ4n) is 3.09. The Bertz CT molecular complexity index is 1330. The average molecular weight is 429 g/mol. The monoisotopic (exact) mass is 429 g/mol. The van der Waals surface area contributed by atoms with Crippen LogP contribution >= 0.6 is 11.8 Å². The number of rotatable bonds is 6. The van der Waals surface area contributed by atoms with Crippen LogP contribution in [0.2, 0.25) is 0 Å². The number of carbonyl (C=O) groups excluding carboxylic acids is 1. The Labute approximate surface area is 181 Å². The van der Waals surface area contributed by atoms with Gasteiger partial charge < -0.3 is 5.32 Å². The SMILES string of the molecule is N#Cc1cc([N+](=O)[O-])ccc1NC(=O)CSc1nc2ccccc2n1-c1ccccc1. The van der Waals surface area contributed by atoms with Crippen molar-refractivity contribution in [2.75, 3.05) is 11.1 Å². The van der Waals surface area contributed by atoms with Gasteiger partial charge in [-0.25, -0.2) is 4.98 Å². The lowest BCUT2D eigenvalue weighted by molar-refractivity contribution is -0.384. The van der Waals surface area contributed by atoms with Crippen LogP contribution in [-0.2, 0) is 4.79 Å². The molecule has 152 valence electrons. The Morgan fingerprint density at radius 2 is 1.87 bits per heavy atom. The van der Waals surface area contributed by atoms with Crippen molar-refractivity contribution < 1.29 is 9.72 Å². The number of hydrogen-bond donors (Lipinski definition) is 1. The molecule has 4 rings (SSSR count). The number of nitrogens with zero attached hydrogens (tertiary/aromatic N) is 4. The number of nitrogens with one attached hydrogen (secondary N) is 1. The van der Waals surface area contributed by atoms with Crippen molar-refractivity contribution in [1.29, 1.82) is 5.26 Å². The number of hydrogen-bond acceptors (Lipinski definition) is 6. The molecule has 0 saturated heterocycles. The quantitative estimate of drug-likeness (QED) is 0.273. The van der Waals surface area contributed by atoms with Crippen molar-refractivity contribution in [1.82, 2.24) is 9.55 Å². The number of amides is 1. The Hall–Kier alpha value is -4.16. The molecule has 1 aromatic heterocycles. The highest BCUT2D eigenvalue weighted by molar-refractivity contribution is 7.99. The molecule has 0 unspecified atom stereocenters. The summed E-state index contributed by atoms with van der Waals surface area (Å²) in [6.45, 7) is 0. The third kappa shape index (κ3) is 4.24. The maximum Gasteiger partial charge on any atom is 0.270 e. The van der Waals surface area contributed by atoms with E-state index in [1.54, 1.807) is 0 Å². The van der Waals surface area contributed by atoms with Crippen LogP contribution in [0, 0.1) is 21.4 Å². The molecule has 0 saturated carbocycles. The summed E-state index contributed by atoms with van der Waals surface area (Å²) in [5.74, 6) is -0.292. The number of nitro groups is 1. The van der Waals surface area contributed by atoms with Crippen LogP contribution in [0.1, 0.15) is 5.56 Å². The molecule has 0 bridgehead atoms. The summed E-state index contributed by atoms with van der Waals surface area (Å²) >= 11 is 1.27. The van der Waals surface area contributed by atoms with E-state index in [0.717, 1.165) is 22.8 Å². The molecule has 0 radical (unpaired) electrons. The van der Waals surface area contributed by atoms with Crippen LogP contribution in [0.25, 0.3) is 16.7 Å². The Morgan fingerprint density at radius 3 is 2.61 bits per heavy atom. The topological polar surface area (TPSA) is 114 Å². The van der Waals surface area contributed by atoms with Gasteiger partial charge in [0, 0.05) is 17.8 Å². The fourth-order valence-corrected chi connectivity index (χ4v) is 3.92. The van der Waals surface area contributed by atoms with Gasteiger partial charge in [-0.3, -0.25) is 19.5 Å². The molecule has 1 N–H and O–H groups in total. The first-order chi connectivity index (χ1) is 15.1. The lowest BCUT2D eigenvalue weighted by Crippen LogP contribution is -2.15. The van der Waals surface area contributed by atoms with Crippen LogP contribution in [0.3, 0.4) is 0 Å². The number of nitro benzene ring substituents is 1. The van der Waals surface area contributed by atoms with E-state index in [4.69, 9.17) is 0 Å². The van der Waals surface area contributed by atoms with Crippen LogP contribution < -0.4 is 5.32 Å². The molecule has 9 heteroatoms. The van der Waals surface area contributed by atoms with E-state index in [9.17, 15) is 20.2 Å². The lowest BCUT2D eigenvalue weighted by Gasteiger charge is -2.09. The summed E-state index contributed by atoms with van der Waals surface area (Å²) in [5.41, 5.74) is 2.73. The van der Waals surface area contributed by atoms with Crippen molar-refractivity contribution >= 4 is 40.1 Å². The Kier molecular flexibility index (Phi) is 5.64. The minimum Gasteiger partial charge on any atom is -0.324 e. The van der Waals surface area contributed by atoms with Gasteiger partial charge in [0.1, 0.15) is 6.07 Å². The van der Waals surface area contributed by atoms with E-state index >= 15 is 0 Å². The molecule has 0 aliphatic carbocycles. The lowest BCUT2D eigenvalue weighted by atomic mass is 10.1. The smallest absolute Gasteiger partial charge is 0.270 e. The zero-order valence-electron chi connectivity index (χ0n) is 16.1. The highest BCUT2D eigenvalue weighted by Gasteiger charge is 2.16. The number of imidazole rings is 1. The maximum absolute atomic E-state index is 12.5. The Balaban J connectivity index is 1.56. The van der Waals surface area contributed by atoms with E-state index < -0.39 is 4.92 Å². The number of para-hydroxylation sites is 3. The number of non-ortho nitro benzene ring substituents is 1. The highest BCUT2D eigenvalue weighted by atomic mass is 32.2. The van der Waals surface area contributed by atoms with E-state index in [1.165, 1.54) is 23.9 Å². The molecule has 1 amide bonds. The maximum atomic E-state index is 12.5. The van der Waals surface area contributed by atoms with E-state index in [1.807, 2.05) is 65.2 Å². The van der Waals surface area contributed by atoms with Crippen LogP contribution in [0.15, 0.2) is 78.0 Å². The van der Waals surface area contributed by atoms with Gasteiger partial charge in [0.15, 0.2) is 5.16 Å². The van der Waals surface area contributed by atoms with Gasteiger partial charge in [-0.15, -0.1) is 0 Å². The first-order valence-corrected chi connectivity index (χ1v) is 10.2. The second kappa shape index (κ2) is 8.69. The van der Waals surface area contributed by atoms with Gasteiger partial charge in [0.2, 0.25) is 5.91 Å². The number of carbonyl (C=O) groups is 1.